The van der Waals surface area contributed by atoms with E-state index < -0.39 is 0 Å². The first kappa shape index (κ1) is 12.6. The summed E-state index contributed by atoms with van der Waals surface area (Å²) in [5, 5.41) is 0. The number of hydrogen-bond donors (Lipinski definition) is 0. The van der Waals surface area contributed by atoms with Crippen LogP contribution in [0.5, 0.6) is 0 Å². The standard InChI is InChI=1S/C15H22O2/c1-4-15(5-2)16-12(3)14(17-15)11-13-9-7-6-8-10-13/h6-10,12,14H,4-5,11H2,1-3H3/t12-,14-/m1/s1. The van der Waals surface area contributed by atoms with Crippen molar-refractivity contribution >= 4 is 0 Å². The van der Waals surface area contributed by atoms with E-state index >= 15 is 0 Å². The Bertz CT molecular complexity index is 343. The van der Waals surface area contributed by atoms with E-state index in [0.29, 0.717) is 0 Å². The quantitative estimate of drug-likeness (QED) is 0.793. The third-order valence-electron chi connectivity index (χ3n) is 3.65. The Morgan fingerprint density at radius 1 is 1.06 bits per heavy atom. The molecule has 1 saturated heterocycles. The van der Waals surface area contributed by atoms with Crippen LogP contribution in [0.25, 0.3) is 0 Å². The SMILES string of the molecule is CCC1(CC)O[C@H](C)[C@@H](Cc2ccccc2)O1. The van der Waals surface area contributed by atoms with E-state index in [1.165, 1.54) is 5.56 Å². The second kappa shape index (κ2) is 5.19. The van der Waals surface area contributed by atoms with E-state index in [-0.39, 0.29) is 18.0 Å². The number of rotatable bonds is 4. The lowest BCUT2D eigenvalue weighted by molar-refractivity contribution is -0.177. The third kappa shape index (κ3) is 2.70. The van der Waals surface area contributed by atoms with Crippen molar-refractivity contribution in [3.63, 3.8) is 0 Å². The lowest BCUT2D eigenvalue weighted by Gasteiger charge is -2.25. The van der Waals surface area contributed by atoms with Crippen LogP contribution in [0.15, 0.2) is 30.3 Å². The van der Waals surface area contributed by atoms with Crippen molar-refractivity contribution < 1.29 is 9.47 Å². The second-order valence-electron chi connectivity index (χ2n) is 4.79. The van der Waals surface area contributed by atoms with E-state index in [2.05, 4.69) is 45.0 Å². The molecule has 0 spiro atoms. The van der Waals surface area contributed by atoms with Gasteiger partial charge in [0, 0.05) is 6.42 Å². The molecule has 0 radical (unpaired) electrons. The summed E-state index contributed by atoms with van der Waals surface area (Å²) in [6, 6.07) is 10.5. The van der Waals surface area contributed by atoms with Crippen LogP contribution in [0.4, 0.5) is 0 Å². The van der Waals surface area contributed by atoms with Gasteiger partial charge in [-0.15, -0.1) is 0 Å². The molecule has 1 aliphatic heterocycles. The van der Waals surface area contributed by atoms with Crippen LogP contribution < -0.4 is 0 Å². The molecule has 1 aromatic carbocycles. The van der Waals surface area contributed by atoms with E-state index in [9.17, 15) is 0 Å². The molecule has 2 atom stereocenters. The van der Waals surface area contributed by atoms with Gasteiger partial charge in [0.2, 0.25) is 0 Å². The van der Waals surface area contributed by atoms with Crippen LogP contribution >= 0.6 is 0 Å². The molecule has 17 heavy (non-hydrogen) atoms. The van der Waals surface area contributed by atoms with Crippen LogP contribution in [-0.2, 0) is 15.9 Å². The Labute approximate surface area is 104 Å². The molecule has 1 fully saturated rings. The Balaban J connectivity index is 2.04. The minimum Gasteiger partial charge on any atom is -0.344 e. The molecular formula is C15H22O2. The Hall–Kier alpha value is -0.860. The molecule has 0 aromatic heterocycles. The largest absolute Gasteiger partial charge is 0.344 e. The van der Waals surface area contributed by atoms with E-state index in [0.717, 1.165) is 19.3 Å². The average molecular weight is 234 g/mol. The van der Waals surface area contributed by atoms with Gasteiger partial charge in [0.25, 0.3) is 0 Å². The summed E-state index contributed by atoms with van der Waals surface area (Å²) in [7, 11) is 0. The van der Waals surface area contributed by atoms with Crippen molar-refractivity contribution in [2.24, 2.45) is 0 Å². The van der Waals surface area contributed by atoms with Crippen molar-refractivity contribution in [3.05, 3.63) is 35.9 Å². The monoisotopic (exact) mass is 234 g/mol. The van der Waals surface area contributed by atoms with Gasteiger partial charge in [-0.25, -0.2) is 0 Å². The third-order valence-corrected chi connectivity index (χ3v) is 3.65. The van der Waals surface area contributed by atoms with Crippen molar-refractivity contribution in [1.82, 2.24) is 0 Å². The van der Waals surface area contributed by atoms with Gasteiger partial charge in [-0.1, -0.05) is 44.2 Å². The summed E-state index contributed by atoms with van der Waals surface area (Å²) >= 11 is 0. The Kier molecular flexibility index (Phi) is 3.85. The Morgan fingerprint density at radius 2 is 1.71 bits per heavy atom. The van der Waals surface area contributed by atoms with Crippen LogP contribution in [0, 0.1) is 0 Å². The van der Waals surface area contributed by atoms with Gasteiger partial charge >= 0.3 is 0 Å². The van der Waals surface area contributed by atoms with Gasteiger partial charge in [0.1, 0.15) is 0 Å². The molecule has 1 aromatic rings. The minimum absolute atomic E-state index is 0.176. The smallest absolute Gasteiger partial charge is 0.168 e. The first-order valence-corrected chi connectivity index (χ1v) is 6.58. The summed E-state index contributed by atoms with van der Waals surface area (Å²) in [6.45, 7) is 6.36. The van der Waals surface area contributed by atoms with Gasteiger partial charge in [0.05, 0.1) is 12.2 Å². The second-order valence-corrected chi connectivity index (χ2v) is 4.79. The Morgan fingerprint density at radius 3 is 2.24 bits per heavy atom. The molecule has 0 amide bonds. The molecule has 1 heterocycles. The summed E-state index contributed by atoms with van der Waals surface area (Å²) < 4.78 is 12.2. The summed E-state index contributed by atoms with van der Waals surface area (Å²) in [5.74, 6) is -0.348. The highest BCUT2D eigenvalue weighted by Gasteiger charge is 2.42. The van der Waals surface area contributed by atoms with Gasteiger partial charge in [-0.3, -0.25) is 0 Å². The maximum Gasteiger partial charge on any atom is 0.168 e. The summed E-state index contributed by atoms with van der Waals surface area (Å²) in [6.07, 6.45) is 3.12. The molecule has 0 N–H and O–H groups in total. The fraction of sp³-hybridized carbons (Fsp3) is 0.600. The zero-order chi connectivity index (χ0) is 12.3. The molecule has 0 bridgehead atoms. The van der Waals surface area contributed by atoms with Crippen molar-refractivity contribution in [1.29, 1.82) is 0 Å². The highest BCUT2D eigenvalue weighted by molar-refractivity contribution is 5.16. The number of hydrogen-bond acceptors (Lipinski definition) is 2. The van der Waals surface area contributed by atoms with Crippen LogP contribution in [0.2, 0.25) is 0 Å². The maximum atomic E-state index is 6.14. The van der Waals surface area contributed by atoms with Crippen molar-refractivity contribution in [3.8, 4) is 0 Å². The van der Waals surface area contributed by atoms with Crippen molar-refractivity contribution in [2.75, 3.05) is 0 Å². The molecular weight excluding hydrogens is 212 g/mol. The van der Waals surface area contributed by atoms with Gasteiger partial charge in [-0.2, -0.15) is 0 Å². The van der Waals surface area contributed by atoms with Gasteiger partial charge in [-0.05, 0) is 25.3 Å². The molecule has 0 aliphatic carbocycles. The minimum atomic E-state index is -0.348. The highest BCUT2D eigenvalue weighted by atomic mass is 16.8. The fourth-order valence-electron chi connectivity index (χ4n) is 2.45. The van der Waals surface area contributed by atoms with Crippen LogP contribution in [0.3, 0.4) is 0 Å². The zero-order valence-corrected chi connectivity index (χ0v) is 11.0. The van der Waals surface area contributed by atoms with E-state index in [4.69, 9.17) is 9.47 Å². The van der Waals surface area contributed by atoms with Crippen LogP contribution in [-0.4, -0.2) is 18.0 Å². The molecule has 1 aliphatic rings. The normalized spacial score (nSPS) is 27.2. The van der Waals surface area contributed by atoms with E-state index in [1.807, 2.05) is 6.07 Å². The average Bonchev–Trinajstić information content (AvgIpc) is 2.68. The van der Waals surface area contributed by atoms with Gasteiger partial charge in [0.15, 0.2) is 5.79 Å². The molecule has 94 valence electrons. The van der Waals surface area contributed by atoms with E-state index in [1.54, 1.807) is 0 Å². The predicted octanol–water partition coefficient (Wildman–Crippen LogP) is 3.55. The topological polar surface area (TPSA) is 18.5 Å². The number of benzene rings is 1. The molecule has 0 saturated carbocycles. The fourth-order valence-corrected chi connectivity index (χ4v) is 2.45. The molecule has 2 heteroatoms. The highest BCUT2D eigenvalue weighted by Crippen LogP contribution is 2.35. The molecule has 0 unspecified atom stereocenters. The molecule has 2 rings (SSSR count). The lowest BCUT2D eigenvalue weighted by atomic mass is 10.1. The predicted molar refractivity (Wildman–Crippen MR) is 68.9 cm³/mol. The first-order valence-electron chi connectivity index (χ1n) is 6.58. The van der Waals surface area contributed by atoms with Gasteiger partial charge < -0.3 is 9.47 Å². The van der Waals surface area contributed by atoms with Crippen LogP contribution in [0.1, 0.15) is 39.2 Å². The van der Waals surface area contributed by atoms with Crippen molar-refractivity contribution in [2.45, 2.75) is 58.0 Å². The number of ether oxygens (including phenoxy) is 2. The zero-order valence-electron chi connectivity index (χ0n) is 11.0. The summed E-state index contributed by atoms with van der Waals surface area (Å²) in [4.78, 5) is 0. The maximum absolute atomic E-state index is 6.14. The summed E-state index contributed by atoms with van der Waals surface area (Å²) in [5.41, 5.74) is 1.32. The molecule has 2 nitrogen and oxygen atoms in total. The lowest BCUT2D eigenvalue weighted by Crippen LogP contribution is -2.29. The first-order chi connectivity index (χ1) is 8.19.